The van der Waals surface area contributed by atoms with Crippen molar-refractivity contribution in [1.29, 1.82) is 0 Å². The number of para-hydroxylation sites is 1. The molecule has 2 nitrogen and oxygen atoms in total. The molecule has 1 aliphatic heterocycles. The predicted molar refractivity (Wildman–Crippen MR) is 58.4 cm³/mol. The smallest absolute Gasteiger partial charge is 0.0767 e. The van der Waals surface area contributed by atoms with Gasteiger partial charge in [0.05, 0.1) is 12.1 Å². The predicted octanol–water partition coefficient (Wildman–Crippen LogP) is 2.04. The molecule has 76 valence electrons. The van der Waals surface area contributed by atoms with E-state index >= 15 is 0 Å². The molecular weight excluding hydrogens is 174 g/mol. The lowest BCUT2D eigenvalue weighted by atomic mass is 9.97. The summed E-state index contributed by atoms with van der Waals surface area (Å²) in [6, 6.07) is 8.45. The molecule has 0 aromatic heterocycles. The van der Waals surface area contributed by atoms with Crippen molar-refractivity contribution in [2.24, 2.45) is 5.92 Å². The fourth-order valence-electron chi connectivity index (χ4n) is 2.00. The number of fused-ring (bicyclic) bond motifs is 1. The maximum absolute atomic E-state index is 9.94. The van der Waals surface area contributed by atoms with E-state index in [1.807, 2.05) is 12.1 Å². The monoisotopic (exact) mass is 191 g/mol. The highest BCUT2D eigenvalue weighted by Gasteiger charge is 2.27. The number of benzene rings is 1. The van der Waals surface area contributed by atoms with Crippen molar-refractivity contribution >= 4 is 5.69 Å². The van der Waals surface area contributed by atoms with Gasteiger partial charge >= 0.3 is 0 Å². The van der Waals surface area contributed by atoms with Gasteiger partial charge in [-0.15, -0.1) is 0 Å². The van der Waals surface area contributed by atoms with Crippen molar-refractivity contribution in [2.75, 3.05) is 5.32 Å². The van der Waals surface area contributed by atoms with E-state index in [0.29, 0.717) is 5.92 Å². The maximum atomic E-state index is 9.94. The molecule has 0 saturated heterocycles. The molecule has 2 heteroatoms. The molecule has 2 atom stereocenters. The Labute approximate surface area is 85.0 Å². The summed E-state index contributed by atoms with van der Waals surface area (Å²) in [5.41, 5.74) is 2.49. The third-order valence-corrected chi connectivity index (χ3v) is 2.89. The summed E-state index contributed by atoms with van der Waals surface area (Å²) in [5, 5.41) is 13.3. The second-order valence-electron chi connectivity index (χ2n) is 4.35. The zero-order valence-corrected chi connectivity index (χ0v) is 8.70. The Morgan fingerprint density at radius 1 is 1.36 bits per heavy atom. The maximum Gasteiger partial charge on any atom is 0.0767 e. The van der Waals surface area contributed by atoms with E-state index in [2.05, 4.69) is 31.3 Å². The first-order valence-corrected chi connectivity index (χ1v) is 5.21. The van der Waals surface area contributed by atoms with Crippen molar-refractivity contribution in [3.8, 4) is 0 Å². The van der Waals surface area contributed by atoms with E-state index in [4.69, 9.17) is 0 Å². The van der Waals surface area contributed by atoms with Crippen molar-refractivity contribution in [1.82, 2.24) is 0 Å². The molecule has 2 unspecified atom stereocenters. The Balaban J connectivity index is 2.12. The summed E-state index contributed by atoms with van der Waals surface area (Å²) < 4.78 is 0. The van der Waals surface area contributed by atoms with Gasteiger partial charge in [0.15, 0.2) is 0 Å². The summed E-state index contributed by atoms with van der Waals surface area (Å²) in [7, 11) is 0. The molecule has 0 radical (unpaired) electrons. The second kappa shape index (κ2) is 3.62. The van der Waals surface area contributed by atoms with Crippen LogP contribution in [0.4, 0.5) is 5.69 Å². The van der Waals surface area contributed by atoms with Gasteiger partial charge in [0, 0.05) is 5.69 Å². The molecule has 0 bridgehead atoms. The molecule has 0 amide bonds. The van der Waals surface area contributed by atoms with Gasteiger partial charge in [-0.1, -0.05) is 32.0 Å². The van der Waals surface area contributed by atoms with Gasteiger partial charge in [-0.25, -0.2) is 0 Å². The number of nitrogens with one attached hydrogen (secondary N) is 1. The van der Waals surface area contributed by atoms with Crippen LogP contribution >= 0.6 is 0 Å². The van der Waals surface area contributed by atoms with Gasteiger partial charge in [0.2, 0.25) is 0 Å². The number of hydrogen-bond acceptors (Lipinski definition) is 2. The first-order valence-electron chi connectivity index (χ1n) is 5.21. The van der Waals surface area contributed by atoms with E-state index in [-0.39, 0.29) is 12.1 Å². The molecular formula is C12H17NO. The van der Waals surface area contributed by atoms with Crippen LogP contribution in [0.5, 0.6) is 0 Å². The third-order valence-electron chi connectivity index (χ3n) is 2.89. The molecule has 1 aliphatic rings. The Morgan fingerprint density at radius 3 is 2.71 bits per heavy atom. The van der Waals surface area contributed by atoms with Crippen LogP contribution in [0.15, 0.2) is 24.3 Å². The standard InChI is InChI=1S/C12H17NO/c1-8(2)12(14)11-7-9-5-3-4-6-10(9)13-11/h3-6,8,11-14H,7H2,1-2H3. The van der Waals surface area contributed by atoms with Crippen LogP contribution in [0.25, 0.3) is 0 Å². The van der Waals surface area contributed by atoms with Gasteiger partial charge in [-0.2, -0.15) is 0 Å². The molecule has 2 N–H and O–H groups in total. The summed E-state index contributed by atoms with van der Waals surface area (Å²) in [4.78, 5) is 0. The van der Waals surface area contributed by atoms with Crippen LogP contribution < -0.4 is 5.32 Å². The average molecular weight is 191 g/mol. The molecule has 14 heavy (non-hydrogen) atoms. The Kier molecular flexibility index (Phi) is 2.46. The van der Waals surface area contributed by atoms with Crippen molar-refractivity contribution in [3.63, 3.8) is 0 Å². The minimum Gasteiger partial charge on any atom is -0.391 e. The number of aliphatic hydroxyl groups excluding tert-OH is 1. The van der Waals surface area contributed by atoms with Gasteiger partial charge in [0.25, 0.3) is 0 Å². The zero-order valence-electron chi connectivity index (χ0n) is 8.70. The van der Waals surface area contributed by atoms with E-state index in [0.717, 1.165) is 6.42 Å². The van der Waals surface area contributed by atoms with E-state index < -0.39 is 0 Å². The Bertz CT molecular complexity index is 297. The zero-order chi connectivity index (χ0) is 10.1. The molecule has 0 aliphatic carbocycles. The van der Waals surface area contributed by atoms with Gasteiger partial charge in [-0.3, -0.25) is 0 Å². The normalized spacial score (nSPS) is 21.9. The molecule has 0 fully saturated rings. The highest BCUT2D eigenvalue weighted by molar-refractivity contribution is 5.56. The largest absolute Gasteiger partial charge is 0.391 e. The summed E-state index contributed by atoms with van der Waals surface area (Å²) in [5.74, 6) is 0.307. The van der Waals surface area contributed by atoms with Gasteiger partial charge in [-0.05, 0) is 24.0 Å². The van der Waals surface area contributed by atoms with Crippen LogP contribution in [-0.2, 0) is 6.42 Å². The topological polar surface area (TPSA) is 32.3 Å². The van der Waals surface area contributed by atoms with Crippen molar-refractivity contribution < 1.29 is 5.11 Å². The SMILES string of the molecule is CC(C)C(O)C1Cc2ccccc2N1. The van der Waals surface area contributed by atoms with E-state index in [1.165, 1.54) is 11.3 Å². The fraction of sp³-hybridized carbons (Fsp3) is 0.500. The molecule has 1 aromatic carbocycles. The van der Waals surface area contributed by atoms with Gasteiger partial charge in [0.1, 0.15) is 0 Å². The number of rotatable bonds is 2. The van der Waals surface area contributed by atoms with Gasteiger partial charge < -0.3 is 10.4 Å². The second-order valence-corrected chi connectivity index (χ2v) is 4.35. The van der Waals surface area contributed by atoms with Crippen LogP contribution in [0.2, 0.25) is 0 Å². The molecule has 2 rings (SSSR count). The minimum atomic E-state index is -0.262. The third kappa shape index (κ3) is 1.62. The van der Waals surface area contributed by atoms with Crippen molar-refractivity contribution in [2.45, 2.75) is 32.4 Å². The first kappa shape index (κ1) is 9.53. The summed E-state index contributed by atoms with van der Waals surface area (Å²) in [6.07, 6.45) is 0.678. The molecule has 0 spiro atoms. The quantitative estimate of drug-likeness (QED) is 0.749. The summed E-state index contributed by atoms with van der Waals surface area (Å²) in [6.45, 7) is 4.10. The number of hydrogen-bond donors (Lipinski definition) is 2. The van der Waals surface area contributed by atoms with Crippen LogP contribution in [0.3, 0.4) is 0 Å². The average Bonchev–Trinajstić information content (AvgIpc) is 2.59. The van der Waals surface area contributed by atoms with Crippen LogP contribution in [-0.4, -0.2) is 17.3 Å². The highest BCUT2D eigenvalue weighted by atomic mass is 16.3. The van der Waals surface area contributed by atoms with E-state index in [1.54, 1.807) is 0 Å². The number of aliphatic hydroxyl groups is 1. The van der Waals surface area contributed by atoms with Crippen molar-refractivity contribution in [3.05, 3.63) is 29.8 Å². The lowest BCUT2D eigenvalue weighted by molar-refractivity contribution is 0.107. The fourth-order valence-corrected chi connectivity index (χ4v) is 2.00. The molecule has 1 aromatic rings. The first-order chi connectivity index (χ1) is 6.68. The minimum absolute atomic E-state index is 0.187. The van der Waals surface area contributed by atoms with Crippen LogP contribution in [0, 0.1) is 5.92 Å². The molecule has 0 saturated carbocycles. The van der Waals surface area contributed by atoms with E-state index in [9.17, 15) is 5.11 Å². The lowest BCUT2D eigenvalue weighted by Crippen LogP contribution is -2.35. The number of anilines is 1. The Morgan fingerprint density at radius 2 is 2.07 bits per heavy atom. The highest BCUT2D eigenvalue weighted by Crippen LogP contribution is 2.28. The Hall–Kier alpha value is -1.02. The lowest BCUT2D eigenvalue weighted by Gasteiger charge is -2.22. The summed E-state index contributed by atoms with van der Waals surface area (Å²) >= 11 is 0. The van der Waals surface area contributed by atoms with Crippen LogP contribution in [0.1, 0.15) is 19.4 Å². The molecule has 1 heterocycles.